The fraction of sp³-hybridized carbons (Fsp3) is 0.400. The molecule has 2 aromatic heterocycles. The van der Waals surface area contributed by atoms with Crippen molar-refractivity contribution in [1.29, 1.82) is 0 Å². The summed E-state index contributed by atoms with van der Waals surface area (Å²) in [6.07, 6.45) is 0.714. The van der Waals surface area contributed by atoms with Crippen molar-refractivity contribution in [2.45, 2.75) is 12.5 Å². The normalized spacial score (nSPS) is 13.1. The molecule has 1 atom stereocenters. The standard InChI is InChI=1S/C10H15N5O/c1-16-5-4-6(11)9-13-7-2-3-8(12)14-10(7)15-9/h2-3,6H,4-5,11H2,1H3,(H3,12,13,14,15). The Morgan fingerprint density at radius 3 is 3.00 bits per heavy atom. The van der Waals surface area contributed by atoms with Gasteiger partial charge in [-0.05, 0) is 18.6 Å². The quantitative estimate of drug-likeness (QED) is 0.700. The van der Waals surface area contributed by atoms with Crippen molar-refractivity contribution in [3.63, 3.8) is 0 Å². The first-order valence-corrected chi connectivity index (χ1v) is 5.07. The molecule has 0 saturated heterocycles. The summed E-state index contributed by atoms with van der Waals surface area (Å²) in [6, 6.07) is 3.40. The first-order chi connectivity index (χ1) is 7.70. The van der Waals surface area contributed by atoms with E-state index in [1.807, 2.05) is 6.07 Å². The Balaban J connectivity index is 2.25. The molecule has 2 heterocycles. The molecule has 6 heteroatoms. The number of aromatic amines is 1. The van der Waals surface area contributed by atoms with Gasteiger partial charge in [-0.2, -0.15) is 0 Å². The fourth-order valence-corrected chi connectivity index (χ4v) is 1.48. The van der Waals surface area contributed by atoms with Crippen LogP contribution in [-0.2, 0) is 4.74 Å². The van der Waals surface area contributed by atoms with E-state index in [1.165, 1.54) is 0 Å². The van der Waals surface area contributed by atoms with Crippen molar-refractivity contribution in [1.82, 2.24) is 15.0 Å². The Bertz CT molecular complexity index is 481. The summed E-state index contributed by atoms with van der Waals surface area (Å²) in [5.41, 5.74) is 13.0. The maximum Gasteiger partial charge on any atom is 0.179 e. The number of anilines is 1. The van der Waals surface area contributed by atoms with Gasteiger partial charge in [0.2, 0.25) is 0 Å². The minimum Gasteiger partial charge on any atom is -0.385 e. The molecule has 2 aromatic rings. The number of pyridine rings is 1. The zero-order valence-electron chi connectivity index (χ0n) is 9.10. The Labute approximate surface area is 93.0 Å². The van der Waals surface area contributed by atoms with Gasteiger partial charge in [-0.15, -0.1) is 0 Å². The molecule has 0 aromatic carbocycles. The minimum absolute atomic E-state index is 0.171. The van der Waals surface area contributed by atoms with E-state index < -0.39 is 0 Å². The van der Waals surface area contributed by atoms with Crippen molar-refractivity contribution in [3.8, 4) is 0 Å². The Morgan fingerprint density at radius 1 is 1.44 bits per heavy atom. The molecule has 1 unspecified atom stereocenters. The van der Waals surface area contributed by atoms with E-state index in [0.717, 1.165) is 5.52 Å². The summed E-state index contributed by atoms with van der Waals surface area (Å²) in [5, 5.41) is 0. The lowest BCUT2D eigenvalue weighted by Crippen LogP contribution is -2.14. The van der Waals surface area contributed by atoms with E-state index in [1.54, 1.807) is 13.2 Å². The van der Waals surface area contributed by atoms with Crippen molar-refractivity contribution < 1.29 is 4.74 Å². The van der Waals surface area contributed by atoms with Gasteiger partial charge in [0.1, 0.15) is 11.6 Å². The van der Waals surface area contributed by atoms with Crippen molar-refractivity contribution in [2.24, 2.45) is 5.73 Å². The number of hydrogen-bond donors (Lipinski definition) is 3. The average molecular weight is 221 g/mol. The summed E-state index contributed by atoms with van der Waals surface area (Å²) < 4.78 is 4.97. The molecular weight excluding hydrogens is 206 g/mol. The third kappa shape index (κ3) is 2.12. The summed E-state index contributed by atoms with van der Waals surface area (Å²) in [4.78, 5) is 11.5. The highest BCUT2D eigenvalue weighted by Crippen LogP contribution is 2.16. The van der Waals surface area contributed by atoms with Crippen LogP contribution in [0, 0.1) is 0 Å². The second-order valence-corrected chi connectivity index (χ2v) is 3.62. The molecule has 0 amide bonds. The van der Waals surface area contributed by atoms with E-state index in [-0.39, 0.29) is 6.04 Å². The van der Waals surface area contributed by atoms with Crippen LogP contribution in [0.5, 0.6) is 0 Å². The number of nitrogen functional groups attached to an aromatic ring is 1. The Morgan fingerprint density at radius 2 is 2.25 bits per heavy atom. The van der Waals surface area contributed by atoms with E-state index in [4.69, 9.17) is 16.2 Å². The smallest absolute Gasteiger partial charge is 0.179 e. The van der Waals surface area contributed by atoms with Crippen LogP contribution in [0.1, 0.15) is 18.3 Å². The number of methoxy groups -OCH3 is 1. The molecule has 5 N–H and O–H groups in total. The van der Waals surface area contributed by atoms with Gasteiger partial charge >= 0.3 is 0 Å². The van der Waals surface area contributed by atoms with Gasteiger partial charge in [0.15, 0.2) is 5.65 Å². The third-order valence-corrected chi connectivity index (χ3v) is 2.37. The highest BCUT2D eigenvalue weighted by atomic mass is 16.5. The van der Waals surface area contributed by atoms with E-state index in [9.17, 15) is 0 Å². The lowest BCUT2D eigenvalue weighted by molar-refractivity contribution is 0.187. The number of nitrogens with two attached hydrogens (primary N) is 2. The number of ether oxygens (including phenoxy) is 1. The van der Waals surface area contributed by atoms with E-state index >= 15 is 0 Å². The van der Waals surface area contributed by atoms with Crippen LogP contribution in [-0.4, -0.2) is 28.7 Å². The first kappa shape index (κ1) is 10.8. The molecule has 0 aliphatic rings. The van der Waals surface area contributed by atoms with Crippen molar-refractivity contribution in [2.75, 3.05) is 19.5 Å². The summed E-state index contributed by atoms with van der Waals surface area (Å²) in [7, 11) is 1.65. The van der Waals surface area contributed by atoms with Crippen molar-refractivity contribution >= 4 is 17.0 Å². The predicted molar refractivity (Wildman–Crippen MR) is 61.7 cm³/mol. The SMILES string of the molecule is COCCC(N)c1nc2nc(N)ccc2[nH]1. The molecule has 16 heavy (non-hydrogen) atoms. The van der Waals surface area contributed by atoms with Gasteiger partial charge in [-0.25, -0.2) is 9.97 Å². The van der Waals surface area contributed by atoms with Gasteiger partial charge in [-0.3, -0.25) is 0 Å². The van der Waals surface area contributed by atoms with Crippen LogP contribution in [0.3, 0.4) is 0 Å². The second-order valence-electron chi connectivity index (χ2n) is 3.62. The molecule has 86 valence electrons. The van der Waals surface area contributed by atoms with Crippen LogP contribution in [0.15, 0.2) is 12.1 Å². The van der Waals surface area contributed by atoms with Crippen molar-refractivity contribution in [3.05, 3.63) is 18.0 Å². The largest absolute Gasteiger partial charge is 0.385 e. The maximum atomic E-state index is 5.95. The van der Waals surface area contributed by atoms with Gasteiger partial charge in [0.25, 0.3) is 0 Å². The molecule has 0 aliphatic carbocycles. The number of fused-ring (bicyclic) bond motifs is 1. The van der Waals surface area contributed by atoms with Crippen LogP contribution in [0.4, 0.5) is 5.82 Å². The lowest BCUT2D eigenvalue weighted by atomic mass is 10.2. The topological polar surface area (TPSA) is 103 Å². The predicted octanol–water partition coefficient (Wildman–Crippen LogP) is 0.576. The number of nitrogens with one attached hydrogen (secondary N) is 1. The fourth-order valence-electron chi connectivity index (χ4n) is 1.48. The van der Waals surface area contributed by atoms with Gasteiger partial charge < -0.3 is 21.2 Å². The van der Waals surface area contributed by atoms with Crippen LogP contribution in [0.25, 0.3) is 11.2 Å². The van der Waals surface area contributed by atoms with Crippen LogP contribution >= 0.6 is 0 Å². The maximum absolute atomic E-state index is 5.95. The Kier molecular flexibility index (Phi) is 3.02. The van der Waals surface area contributed by atoms with Gasteiger partial charge in [0.05, 0.1) is 11.6 Å². The first-order valence-electron chi connectivity index (χ1n) is 5.07. The molecule has 0 bridgehead atoms. The highest BCUT2D eigenvalue weighted by molar-refractivity contribution is 5.72. The molecule has 0 spiro atoms. The van der Waals surface area contributed by atoms with Crippen LogP contribution < -0.4 is 11.5 Å². The lowest BCUT2D eigenvalue weighted by Gasteiger charge is -2.06. The Hall–Kier alpha value is -1.66. The average Bonchev–Trinajstić information content (AvgIpc) is 2.68. The molecule has 6 nitrogen and oxygen atoms in total. The number of H-pyrrole nitrogens is 1. The number of aromatic nitrogens is 3. The third-order valence-electron chi connectivity index (χ3n) is 2.37. The van der Waals surface area contributed by atoms with Gasteiger partial charge in [-0.1, -0.05) is 0 Å². The van der Waals surface area contributed by atoms with Crippen LogP contribution in [0.2, 0.25) is 0 Å². The summed E-state index contributed by atoms with van der Waals surface area (Å²) >= 11 is 0. The summed E-state index contributed by atoms with van der Waals surface area (Å²) in [5.74, 6) is 1.17. The zero-order chi connectivity index (χ0) is 11.5. The molecule has 2 rings (SSSR count). The molecule has 0 saturated carbocycles. The monoisotopic (exact) mass is 221 g/mol. The minimum atomic E-state index is -0.171. The molecule has 0 radical (unpaired) electrons. The van der Waals surface area contributed by atoms with E-state index in [0.29, 0.717) is 30.3 Å². The van der Waals surface area contributed by atoms with E-state index in [2.05, 4.69) is 15.0 Å². The molecule has 0 fully saturated rings. The zero-order valence-corrected chi connectivity index (χ0v) is 9.10. The number of rotatable bonds is 4. The number of imidazole rings is 1. The second kappa shape index (κ2) is 4.46. The molecule has 0 aliphatic heterocycles. The number of nitrogens with zero attached hydrogens (tertiary/aromatic N) is 2. The van der Waals surface area contributed by atoms with Gasteiger partial charge in [0, 0.05) is 13.7 Å². The highest BCUT2D eigenvalue weighted by Gasteiger charge is 2.11. The summed E-state index contributed by atoms with van der Waals surface area (Å²) in [6.45, 7) is 0.605. The number of hydrogen-bond acceptors (Lipinski definition) is 5. The molecular formula is C10H15N5O.